The molecule has 134 valence electrons. The molecule has 0 saturated heterocycles. The first-order valence-corrected chi connectivity index (χ1v) is 9.03. The molecular formula is C21H15NO4S. The van der Waals surface area contributed by atoms with Gasteiger partial charge in [0.15, 0.2) is 0 Å². The highest BCUT2D eigenvalue weighted by Gasteiger charge is 2.21. The van der Waals surface area contributed by atoms with Crippen molar-refractivity contribution in [1.82, 2.24) is 4.57 Å². The maximum absolute atomic E-state index is 12.6. The number of carbonyl (C=O) groups is 1. The van der Waals surface area contributed by atoms with Crippen LogP contribution in [0, 0.1) is 0 Å². The third kappa shape index (κ3) is 2.90. The number of rotatable bonds is 4. The second-order valence-electron chi connectivity index (χ2n) is 5.90. The standard InChI is InChI=1S/C21H15NO4S/c1-26-15-9-7-14(8-10-15)22-17(23)12-11-16-18(13-5-3-2-4-6-13)19(21(24)25)27-20(16)22/h2-12H,1H3,(H,24,25). The SMILES string of the molecule is COc1ccc(-n2c(=O)ccc3c(-c4ccccc4)c(C(=O)O)sc32)cc1. The molecule has 1 N–H and O–H groups in total. The van der Waals surface area contributed by atoms with Gasteiger partial charge in [-0.25, -0.2) is 4.79 Å². The lowest BCUT2D eigenvalue weighted by molar-refractivity contribution is 0.0703. The summed E-state index contributed by atoms with van der Waals surface area (Å²) in [4.78, 5) is 25.3. The summed E-state index contributed by atoms with van der Waals surface area (Å²) in [5, 5.41) is 10.5. The van der Waals surface area contributed by atoms with Crippen LogP contribution in [0.3, 0.4) is 0 Å². The molecule has 0 radical (unpaired) electrons. The summed E-state index contributed by atoms with van der Waals surface area (Å²) in [5.41, 5.74) is 1.88. The summed E-state index contributed by atoms with van der Waals surface area (Å²) in [6, 6.07) is 19.6. The van der Waals surface area contributed by atoms with E-state index in [-0.39, 0.29) is 10.4 Å². The molecule has 2 aromatic carbocycles. The molecule has 5 nitrogen and oxygen atoms in total. The Morgan fingerprint density at radius 1 is 1.00 bits per heavy atom. The number of fused-ring (bicyclic) bond motifs is 1. The maximum Gasteiger partial charge on any atom is 0.346 e. The van der Waals surface area contributed by atoms with Gasteiger partial charge in [0.05, 0.1) is 12.8 Å². The van der Waals surface area contributed by atoms with E-state index in [0.29, 0.717) is 21.8 Å². The zero-order valence-electron chi connectivity index (χ0n) is 14.4. The number of nitrogens with zero attached hydrogens (tertiary/aromatic N) is 1. The van der Waals surface area contributed by atoms with Crippen LogP contribution in [0.5, 0.6) is 5.75 Å². The fourth-order valence-corrected chi connectivity index (χ4v) is 4.28. The van der Waals surface area contributed by atoms with Gasteiger partial charge in [-0.3, -0.25) is 9.36 Å². The van der Waals surface area contributed by atoms with Crippen LogP contribution in [0.2, 0.25) is 0 Å². The van der Waals surface area contributed by atoms with Gasteiger partial charge in [-0.15, -0.1) is 11.3 Å². The quantitative estimate of drug-likeness (QED) is 0.571. The predicted molar refractivity (Wildman–Crippen MR) is 106 cm³/mol. The third-order valence-corrected chi connectivity index (χ3v) is 5.51. The third-order valence-electron chi connectivity index (χ3n) is 4.33. The minimum Gasteiger partial charge on any atom is -0.497 e. The number of ether oxygens (including phenoxy) is 1. The van der Waals surface area contributed by atoms with Crippen molar-refractivity contribution in [1.29, 1.82) is 0 Å². The molecule has 0 amide bonds. The normalized spacial score (nSPS) is 10.9. The average molecular weight is 377 g/mol. The summed E-state index contributed by atoms with van der Waals surface area (Å²) in [7, 11) is 1.58. The lowest BCUT2D eigenvalue weighted by Crippen LogP contribution is -2.16. The van der Waals surface area contributed by atoms with Crippen LogP contribution in [0.4, 0.5) is 0 Å². The molecule has 0 unspecified atom stereocenters. The fourth-order valence-electron chi connectivity index (χ4n) is 3.10. The van der Waals surface area contributed by atoms with Gasteiger partial charge in [-0.2, -0.15) is 0 Å². The van der Waals surface area contributed by atoms with Crippen LogP contribution in [0.25, 0.3) is 27.0 Å². The van der Waals surface area contributed by atoms with Crippen LogP contribution in [-0.2, 0) is 0 Å². The van der Waals surface area contributed by atoms with E-state index in [0.717, 1.165) is 22.3 Å². The largest absolute Gasteiger partial charge is 0.497 e. The highest BCUT2D eigenvalue weighted by atomic mass is 32.1. The molecule has 0 fully saturated rings. The smallest absolute Gasteiger partial charge is 0.346 e. The van der Waals surface area contributed by atoms with Crippen molar-refractivity contribution in [2.24, 2.45) is 0 Å². The number of hydrogen-bond donors (Lipinski definition) is 1. The molecule has 4 rings (SSSR count). The number of aromatic carboxylic acids is 1. The van der Waals surface area contributed by atoms with E-state index in [9.17, 15) is 14.7 Å². The van der Waals surface area contributed by atoms with Gasteiger partial charge in [0.2, 0.25) is 0 Å². The summed E-state index contributed by atoms with van der Waals surface area (Å²) in [6.07, 6.45) is 0. The molecule has 0 aliphatic heterocycles. The Bertz CT molecular complexity index is 1190. The molecule has 0 saturated carbocycles. The van der Waals surface area contributed by atoms with Crippen molar-refractivity contribution in [3.05, 3.63) is 82.0 Å². The Labute approximate surface area is 158 Å². The van der Waals surface area contributed by atoms with Gasteiger partial charge in [-0.05, 0) is 35.9 Å². The van der Waals surface area contributed by atoms with E-state index >= 15 is 0 Å². The van der Waals surface area contributed by atoms with Gasteiger partial charge in [0, 0.05) is 17.0 Å². The van der Waals surface area contributed by atoms with Crippen molar-refractivity contribution in [2.45, 2.75) is 0 Å². The zero-order chi connectivity index (χ0) is 19.0. The number of aromatic nitrogens is 1. The maximum atomic E-state index is 12.6. The van der Waals surface area contributed by atoms with Gasteiger partial charge in [0.25, 0.3) is 5.56 Å². The summed E-state index contributed by atoms with van der Waals surface area (Å²) in [6.45, 7) is 0. The topological polar surface area (TPSA) is 68.5 Å². The van der Waals surface area contributed by atoms with E-state index in [4.69, 9.17) is 4.74 Å². The van der Waals surface area contributed by atoms with Crippen molar-refractivity contribution in [2.75, 3.05) is 7.11 Å². The van der Waals surface area contributed by atoms with Crippen LogP contribution < -0.4 is 10.3 Å². The minimum absolute atomic E-state index is 0.212. The minimum atomic E-state index is -1.01. The molecule has 0 aliphatic rings. The van der Waals surface area contributed by atoms with Crippen LogP contribution in [0.15, 0.2) is 71.5 Å². The van der Waals surface area contributed by atoms with Gasteiger partial charge >= 0.3 is 5.97 Å². The molecule has 4 aromatic rings. The number of benzene rings is 2. The first-order valence-electron chi connectivity index (χ1n) is 8.22. The molecule has 0 spiro atoms. The lowest BCUT2D eigenvalue weighted by Gasteiger charge is -2.08. The Kier molecular flexibility index (Phi) is 4.25. The fraction of sp³-hybridized carbons (Fsp3) is 0.0476. The Morgan fingerprint density at radius 3 is 2.33 bits per heavy atom. The number of carboxylic acids is 1. The predicted octanol–water partition coefficient (Wildman–Crippen LogP) is 4.43. The Hall–Kier alpha value is -3.38. The van der Waals surface area contributed by atoms with Crippen molar-refractivity contribution < 1.29 is 14.6 Å². The van der Waals surface area contributed by atoms with E-state index < -0.39 is 5.97 Å². The van der Waals surface area contributed by atoms with Gasteiger partial charge in [-0.1, -0.05) is 30.3 Å². The highest BCUT2D eigenvalue weighted by molar-refractivity contribution is 7.21. The average Bonchev–Trinajstić information content (AvgIpc) is 3.08. The Morgan fingerprint density at radius 2 is 1.70 bits per heavy atom. The van der Waals surface area contributed by atoms with Crippen molar-refractivity contribution in [3.63, 3.8) is 0 Å². The first kappa shape index (κ1) is 17.1. The molecule has 2 aromatic heterocycles. The van der Waals surface area contributed by atoms with E-state index in [1.165, 1.54) is 10.6 Å². The second kappa shape index (κ2) is 6.74. The van der Waals surface area contributed by atoms with E-state index in [1.54, 1.807) is 37.4 Å². The summed E-state index contributed by atoms with van der Waals surface area (Å²) >= 11 is 1.10. The lowest BCUT2D eigenvalue weighted by atomic mass is 10.0. The molecule has 0 bridgehead atoms. The molecule has 0 atom stereocenters. The monoisotopic (exact) mass is 377 g/mol. The molecule has 27 heavy (non-hydrogen) atoms. The highest BCUT2D eigenvalue weighted by Crippen LogP contribution is 2.39. The number of hydrogen-bond acceptors (Lipinski definition) is 4. The molecule has 2 heterocycles. The first-order chi connectivity index (χ1) is 13.1. The second-order valence-corrected chi connectivity index (χ2v) is 6.90. The molecular weight excluding hydrogens is 362 g/mol. The molecule has 0 aliphatic carbocycles. The zero-order valence-corrected chi connectivity index (χ0v) is 15.2. The number of thiophene rings is 1. The van der Waals surface area contributed by atoms with Crippen molar-refractivity contribution >= 4 is 27.5 Å². The Balaban J connectivity index is 2.05. The van der Waals surface area contributed by atoms with Crippen LogP contribution >= 0.6 is 11.3 Å². The van der Waals surface area contributed by atoms with Crippen molar-refractivity contribution in [3.8, 4) is 22.6 Å². The summed E-state index contributed by atoms with van der Waals surface area (Å²) in [5.74, 6) is -0.329. The van der Waals surface area contributed by atoms with E-state index in [2.05, 4.69) is 0 Å². The van der Waals surface area contributed by atoms with Crippen LogP contribution in [0.1, 0.15) is 9.67 Å². The number of carboxylic acid groups (broad SMARTS) is 1. The number of pyridine rings is 1. The van der Waals surface area contributed by atoms with Gasteiger partial charge < -0.3 is 9.84 Å². The molecule has 6 heteroatoms. The van der Waals surface area contributed by atoms with Gasteiger partial charge in [0.1, 0.15) is 15.5 Å². The summed E-state index contributed by atoms with van der Waals surface area (Å²) < 4.78 is 6.71. The van der Waals surface area contributed by atoms with E-state index in [1.807, 2.05) is 30.3 Å². The van der Waals surface area contributed by atoms with Crippen LogP contribution in [-0.4, -0.2) is 22.8 Å². The number of methoxy groups -OCH3 is 1.